The molecule has 0 saturated heterocycles. The summed E-state index contributed by atoms with van der Waals surface area (Å²) in [5.41, 5.74) is 5.09. The van der Waals surface area contributed by atoms with Crippen molar-refractivity contribution in [3.63, 3.8) is 0 Å². The van der Waals surface area contributed by atoms with Crippen LogP contribution in [-0.4, -0.2) is 41.1 Å². The molecule has 0 spiro atoms. The third-order valence-corrected chi connectivity index (χ3v) is 3.88. The molecule has 0 radical (unpaired) electrons. The van der Waals surface area contributed by atoms with Gasteiger partial charge in [0.1, 0.15) is 0 Å². The van der Waals surface area contributed by atoms with Crippen LogP contribution in [0.3, 0.4) is 0 Å². The molecule has 2 aliphatic rings. The van der Waals surface area contributed by atoms with E-state index in [9.17, 15) is 9.90 Å². The Labute approximate surface area is 102 Å². The zero-order valence-electron chi connectivity index (χ0n) is 10.4. The fraction of sp³-hybridized carbons (Fsp3) is 0.769. The van der Waals surface area contributed by atoms with Crippen molar-refractivity contribution in [3.05, 3.63) is 12.2 Å². The largest absolute Gasteiger partial charge is 0.388 e. The predicted octanol–water partition coefficient (Wildman–Crippen LogP) is 0.653. The van der Waals surface area contributed by atoms with E-state index < -0.39 is 5.60 Å². The van der Waals surface area contributed by atoms with Gasteiger partial charge in [-0.05, 0) is 19.3 Å². The van der Waals surface area contributed by atoms with Gasteiger partial charge in [0.2, 0.25) is 5.91 Å². The number of amides is 1. The van der Waals surface area contributed by atoms with Crippen molar-refractivity contribution in [2.24, 2.45) is 11.7 Å². The number of rotatable bonds is 3. The minimum Gasteiger partial charge on any atom is -0.388 e. The number of aliphatic hydroxyl groups is 1. The average molecular weight is 238 g/mol. The van der Waals surface area contributed by atoms with Crippen molar-refractivity contribution >= 4 is 5.91 Å². The van der Waals surface area contributed by atoms with E-state index in [0.29, 0.717) is 13.0 Å². The van der Waals surface area contributed by atoms with Gasteiger partial charge in [0.15, 0.2) is 0 Å². The van der Waals surface area contributed by atoms with Gasteiger partial charge < -0.3 is 15.7 Å². The zero-order chi connectivity index (χ0) is 12.5. The maximum absolute atomic E-state index is 12.1. The van der Waals surface area contributed by atoms with Crippen LogP contribution in [0.5, 0.6) is 0 Å². The van der Waals surface area contributed by atoms with Gasteiger partial charge in [-0.2, -0.15) is 0 Å². The van der Waals surface area contributed by atoms with Crippen molar-refractivity contribution in [1.82, 2.24) is 4.90 Å². The third kappa shape index (κ3) is 2.87. The summed E-state index contributed by atoms with van der Waals surface area (Å²) in [6.45, 7) is 0.450. The molecule has 0 bridgehead atoms. The molecule has 1 amide bonds. The van der Waals surface area contributed by atoms with E-state index in [2.05, 4.69) is 0 Å². The van der Waals surface area contributed by atoms with Crippen LogP contribution in [0.25, 0.3) is 0 Å². The van der Waals surface area contributed by atoms with Crippen LogP contribution in [-0.2, 0) is 4.79 Å². The van der Waals surface area contributed by atoms with Crippen molar-refractivity contribution < 1.29 is 9.90 Å². The maximum atomic E-state index is 12.1. The molecular weight excluding hydrogens is 216 g/mol. The molecule has 0 aromatic heterocycles. The number of likely N-dealkylation sites (N-methyl/N-ethyl adjacent to an activating group) is 1. The van der Waals surface area contributed by atoms with Gasteiger partial charge in [-0.1, -0.05) is 25.0 Å². The Morgan fingerprint density at radius 1 is 1.47 bits per heavy atom. The fourth-order valence-electron chi connectivity index (χ4n) is 2.90. The lowest BCUT2D eigenvalue weighted by molar-refractivity contribution is -0.136. The number of nitrogens with zero attached hydrogens (tertiary/aromatic N) is 1. The molecule has 17 heavy (non-hydrogen) atoms. The van der Waals surface area contributed by atoms with Gasteiger partial charge in [0, 0.05) is 19.6 Å². The highest BCUT2D eigenvalue weighted by Gasteiger charge is 2.35. The molecule has 4 heteroatoms. The Morgan fingerprint density at radius 2 is 2.12 bits per heavy atom. The summed E-state index contributed by atoms with van der Waals surface area (Å²) < 4.78 is 0. The summed E-state index contributed by atoms with van der Waals surface area (Å²) in [5.74, 6) is -0.0190. The van der Waals surface area contributed by atoms with Crippen LogP contribution in [0, 0.1) is 5.92 Å². The van der Waals surface area contributed by atoms with E-state index in [1.54, 1.807) is 11.9 Å². The second-order valence-corrected chi connectivity index (χ2v) is 5.52. The van der Waals surface area contributed by atoms with E-state index in [4.69, 9.17) is 5.73 Å². The number of hydrogen-bond donors (Lipinski definition) is 2. The Kier molecular flexibility index (Phi) is 3.54. The SMILES string of the molecule is CN(CC1(O)CCCC1)C(=O)C1C=CC(N)C1. The molecule has 2 atom stereocenters. The normalized spacial score (nSPS) is 30.8. The summed E-state index contributed by atoms with van der Waals surface area (Å²) in [4.78, 5) is 13.8. The Hall–Kier alpha value is -0.870. The van der Waals surface area contributed by atoms with Crippen molar-refractivity contribution in [2.45, 2.75) is 43.7 Å². The standard InChI is InChI=1S/C13H22N2O2/c1-15(9-13(17)6-2-3-7-13)12(16)10-4-5-11(14)8-10/h4-5,10-11,17H,2-3,6-9,14H2,1H3. The summed E-state index contributed by atoms with van der Waals surface area (Å²) in [6, 6.07) is 0.00640. The molecule has 1 fully saturated rings. The molecule has 3 N–H and O–H groups in total. The minimum atomic E-state index is -0.658. The van der Waals surface area contributed by atoms with Gasteiger partial charge in [-0.25, -0.2) is 0 Å². The predicted molar refractivity (Wildman–Crippen MR) is 66.3 cm³/mol. The Balaban J connectivity index is 1.89. The first-order valence-corrected chi connectivity index (χ1v) is 6.41. The van der Waals surface area contributed by atoms with Gasteiger partial charge in [0.25, 0.3) is 0 Å². The van der Waals surface area contributed by atoms with E-state index in [1.807, 2.05) is 12.2 Å². The Bertz CT molecular complexity index is 321. The molecule has 0 aromatic carbocycles. The molecule has 2 unspecified atom stereocenters. The smallest absolute Gasteiger partial charge is 0.229 e. The van der Waals surface area contributed by atoms with Crippen LogP contribution in [0.1, 0.15) is 32.1 Å². The van der Waals surface area contributed by atoms with Crippen LogP contribution in [0.2, 0.25) is 0 Å². The number of hydrogen-bond acceptors (Lipinski definition) is 3. The van der Waals surface area contributed by atoms with Gasteiger partial charge >= 0.3 is 0 Å². The first-order chi connectivity index (χ1) is 8.00. The molecule has 0 aromatic rings. The fourth-order valence-corrected chi connectivity index (χ4v) is 2.90. The lowest BCUT2D eigenvalue weighted by Gasteiger charge is -2.30. The summed E-state index contributed by atoms with van der Waals surface area (Å²) in [7, 11) is 1.77. The van der Waals surface area contributed by atoms with Gasteiger partial charge in [-0.3, -0.25) is 4.79 Å². The Morgan fingerprint density at radius 3 is 2.65 bits per heavy atom. The quantitative estimate of drug-likeness (QED) is 0.710. The minimum absolute atomic E-state index is 0.00640. The first kappa shape index (κ1) is 12.6. The molecule has 96 valence electrons. The monoisotopic (exact) mass is 238 g/mol. The molecule has 1 saturated carbocycles. The van der Waals surface area contributed by atoms with Crippen LogP contribution in [0.4, 0.5) is 0 Å². The first-order valence-electron chi connectivity index (χ1n) is 6.41. The lowest BCUT2D eigenvalue weighted by atomic mass is 10.0. The lowest BCUT2D eigenvalue weighted by Crippen LogP contribution is -2.44. The highest BCUT2D eigenvalue weighted by molar-refractivity contribution is 5.81. The topological polar surface area (TPSA) is 66.6 Å². The van der Waals surface area contributed by atoms with E-state index >= 15 is 0 Å². The van der Waals surface area contributed by atoms with Crippen LogP contribution < -0.4 is 5.73 Å². The van der Waals surface area contributed by atoms with Gasteiger partial charge in [0.05, 0.1) is 11.5 Å². The zero-order valence-corrected chi connectivity index (χ0v) is 10.4. The number of nitrogens with two attached hydrogens (primary N) is 1. The summed E-state index contributed by atoms with van der Waals surface area (Å²) in [6.07, 6.45) is 8.22. The van der Waals surface area contributed by atoms with Gasteiger partial charge in [-0.15, -0.1) is 0 Å². The highest BCUT2D eigenvalue weighted by Crippen LogP contribution is 2.30. The second kappa shape index (κ2) is 4.78. The third-order valence-electron chi connectivity index (χ3n) is 3.88. The molecule has 2 aliphatic carbocycles. The van der Waals surface area contributed by atoms with E-state index in [1.165, 1.54) is 0 Å². The summed E-state index contributed by atoms with van der Waals surface area (Å²) >= 11 is 0. The second-order valence-electron chi connectivity index (χ2n) is 5.52. The maximum Gasteiger partial charge on any atom is 0.229 e. The van der Waals surface area contributed by atoms with Crippen molar-refractivity contribution in [3.8, 4) is 0 Å². The van der Waals surface area contributed by atoms with Crippen LogP contribution >= 0.6 is 0 Å². The summed E-state index contributed by atoms with van der Waals surface area (Å²) in [5, 5.41) is 10.3. The molecular formula is C13H22N2O2. The van der Waals surface area contributed by atoms with Crippen LogP contribution in [0.15, 0.2) is 12.2 Å². The molecule has 0 heterocycles. The van der Waals surface area contributed by atoms with E-state index in [0.717, 1.165) is 25.7 Å². The van der Waals surface area contributed by atoms with E-state index in [-0.39, 0.29) is 17.9 Å². The molecule has 2 rings (SSSR count). The van der Waals surface area contributed by atoms with Crippen molar-refractivity contribution in [2.75, 3.05) is 13.6 Å². The molecule has 4 nitrogen and oxygen atoms in total. The molecule has 0 aliphatic heterocycles. The average Bonchev–Trinajstić information content (AvgIpc) is 2.86. The van der Waals surface area contributed by atoms with Crippen molar-refractivity contribution in [1.29, 1.82) is 0 Å². The number of carbonyl (C=O) groups is 1. The highest BCUT2D eigenvalue weighted by atomic mass is 16.3. The number of carbonyl (C=O) groups excluding carboxylic acids is 1.